The molecule has 0 fully saturated rings. The summed E-state index contributed by atoms with van der Waals surface area (Å²) >= 11 is 0. The molecule has 1 aliphatic heterocycles. The summed E-state index contributed by atoms with van der Waals surface area (Å²) in [6.07, 6.45) is 2.65. The van der Waals surface area contributed by atoms with Crippen LogP contribution in [-0.4, -0.2) is 22.8 Å². The van der Waals surface area contributed by atoms with Crippen LogP contribution in [0.1, 0.15) is 11.5 Å². The van der Waals surface area contributed by atoms with Crippen LogP contribution in [0, 0.1) is 0 Å². The molecule has 3 aromatic rings. The fraction of sp³-hybridized carbons (Fsp3) is 0.250. The van der Waals surface area contributed by atoms with Gasteiger partial charge in [0.1, 0.15) is 11.9 Å². The molecule has 2 aromatic heterocycles. The van der Waals surface area contributed by atoms with Gasteiger partial charge in [-0.05, 0) is 23.8 Å². The number of aromatic nitrogens is 2. The van der Waals surface area contributed by atoms with Crippen LogP contribution >= 0.6 is 0 Å². The van der Waals surface area contributed by atoms with Crippen molar-refractivity contribution < 1.29 is 13.7 Å². The first-order valence-corrected chi connectivity index (χ1v) is 7.20. The molecule has 6 heteroatoms. The number of hydrogen-bond donors (Lipinski definition) is 1. The number of fused-ring (bicyclic) bond motifs is 1. The SMILES string of the molecule is c1coc(-c2noc(CNC[C@H]3Cc4ccccc4O3)n2)c1. The van der Waals surface area contributed by atoms with Crippen LogP contribution in [0.5, 0.6) is 5.75 Å². The molecule has 0 aliphatic carbocycles. The number of furan rings is 1. The topological polar surface area (TPSA) is 73.3 Å². The third kappa shape index (κ3) is 2.60. The van der Waals surface area contributed by atoms with E-state index in [1.165, 1.54) is 5.56 Å². The van der Waals surface area contributed by atoms with E-state index in [0.717, 1.165) is 18.7 Å². The van der Waals surface area contributed by atoms with Crippen LogP contribution < -0.4 is 10.1 Å². The van der Waals surface area contributed by atoms with Crippen LogP contribution in [0.25, 0.3) is 11.6 Å². The standard InChI is InChI=1S/C16H15N3O3/c1-2-5-13-11(4-1)8-12(21-13)9-17-10-15-18-16(19-22-15)14-6-3-7-20-14/h1-7,12,17H,8-10H2/t12-/m1/s1. The lowest BCUT2D eigenvalue weighted by atomic mass is 10.1. The van der Waals surface area contributed by atoms with E-state index < -0.39 is 0 Å². The maximum absolute atomic E-state index is 5.86. The van der Waals surface area contributed by atoms with Gasteiger partial charge in [0, 0.05) is 13.0 Å². The summed E-state index contributed by atoms with van der Waals surface area (Å²) in [7, 11) is 0. The van der Waals surface area contributed by atoms with Gasteiger partial charge in [0.2, 0.25) is 11.7 Å². The first-order valence-electron chi connectivity index (χ1n) is 7.20. The molecule has 3 heterocycles. The molecule has 1 N–H and O–H groups in total. The highest BCUT2D eigenvalue weighted by Crippen LogP contribution is 2.27. The first-order chi connectivity index (χ1) is 10.9. The van der Waals surface area contributed by atoms with E-state index in [1.807, 2.05) is 18.2 Å². The van der Waals surface area contributed by atoms with Gasteiger partial charge in [-0.15, -0.1) is 0 Å². The van der Waals surface area contributed by atoms with Crippen molar-refractivity contribution in [2.24, 2.45) is 0 Å². The van der Waals surface area contributed by atoms with Crippen LogP contribution in [0.4, 0.5) is 0 Å². The van der Waals surface area contributed by atoms with Crippen LogP contribution in [0.3, 0.4) is 0 Å². The zero-order valence-corrected chi connectivity index (χ0v) is 11.9. The number of benzene rings is 1. The number of rotatable bonds is 5. The smallest absolute Gasteiger partial charge is 0.241 e. The minimum atomic E-state index is 0.143. The lowest BCUT2D eigenvalue weighted by Gasteiger charge is -2.10. The quantitative estimate of drug-likeness (QED) is 0.779. The highest BCUT2D eigenvalue weighted by atomic mass is 16.5. The zero-order valence-electron chi connectivity index (χ0n) is 11.9. The first kappa shape index (κ1) is 13.1. The molecule has 6 nitrogen and oxygen atoms in total. The summed E-state index contributed by atoms with van der Waals surface area (Å²) in [5, 5.41) is 7.18. The Morgan fingerprint density at radius 1 is 1.18 bits per heavy atom. The molecule has 22 heavy (non-hydrogen) atoms. The molecule has 1 atom stereocenters. The zero-order chi connectivity index (χ0) is 14.8. The van der Waals surface area contributed by atoms with E-state index in [4.69, 9.17) is 13.7 Å². The fourth-order valence-electron chi connectivity index (χ4n) is 2.54. The number of nitrogens with one attached hydrogen (secondary N) is 1. The van der Waals surface area contributed by atoms with Gasteiger partial charge >= 0.3 is 0 Å². The number of nitrogens with zero attached hydrogens (tertiary/aromatic N) is 2. The van der Waals surface area contributed by atoms with Crippen molar-refractivity contribution in [3.63, 3.8) is 0 Å². The van der Waals surface area contributed by atoms with E-state index in [1.54, 1.807) is 18.4 Å². The maximum atomic E-state index is 5.86. The molecule has 0 unspecified atom stereocenters. The molecular weight excluding hydrogens is 282 g/mol. The van der Waals surface area contributed by atoms with Gasteiger partial charge in [-0.1, -0.05) is 23.4 Å². The Morgan fingerprint density at radius 2 is 2.14 bits per heavy atom. The summed E-state index contributed by atoms with van der Waals surface area (Å²) in [4.78, 5) is 4.28. The van der Waals surface area contributed by atoms with Crippen LogP contribution in [0.15, 0.2) is 51.6 Å². The third-order valence-electron chi connectivity index (χ3n) is 3.57. The number of hydrogen-bond acceptors (Lipinski definition) is 6. The summed E-state index contributed by atoms with van der Waals surface area (Å²) in [5.74, 6) is 2.57. The van der Waals surface area contributed by atoms with Gasteiger partial charge in [-0.2, -0.15) is 4.98 Å². The molecule has 0 spiro atoms. The molecule has 1 aliphatic rings. The van der Waals surface area contributed by atoms with E-state index in [0.29, 0.717) is 24.0 Å². The van der Waals surface area contributed by atoms with Crippen LogP contribution in [0.2, 0.25) is 0 Å². The minimum Gasteiger partial charge on any atom is -0.488 e. The monoisotopic (exact) mass is 297 g/mol. The van der Waals surface area contributed by atoms with Crippen molar-refractivity contribution in [3.8, 4) is 17.3 Å². The second kappa shape index (κ2) is 5.65. The molecule has 0 bridgehead atoms. The van der Waals surface area contributed by atoms with Gasteiger partial charge in [0.05, 0.1) is 12.8 Å². The number of para-hydroxylation sites is 1. The van der Waals surface area contributed by atoms with Crippen molar-refractivity contribution >= 4 is 0 Å². The number of ether oxygens (including phenoxy) is 1. The fourth-order valence-corrected chi connectivity index (χ4v) is 2.54. The second-order valence-electron chi connectivity index (χ2n) is 5.17. The van der Waals surface area contributed by atoms with E-state index in [9.17, 15) is 0 Å². The molecule has 0 amide bonds. The summed E-state index contributed by atoms with van der Waals surface area (Å²) in [6, 6.07) is 11.7. The summed E-state index contributed by atoms with van der Waals surface area (Å²) in [5.41, 5.74) is 1.26. The molecule has 0 radical (unpaired) electrons. The predicted molar refractivity (Wildman–Crippen MR) is 78.3 cm³/mol. The van der Waals surface area contributed by atoms with Gasteiger partial charge in [-0.25, -0.2) is 0 Å². The largest absolute Gasteiger partial charge is 0.488 e. The Labute approximate surface area is 127 Å². The van der Waals surface area contributed by atoms with Gasteiger partial charge < -0.3 is 19.0 Å². The van der Waals surface area contributed by atoms with Gasteiger partial charge in [0.15, 0.2) is 5.76 Å². The summed E-state index contributed by atoms with van der Waals surface area (Å²) < 4.78 is 16.3. The van der Waals surface area contributed by atoms with Gasteiger partial charge in [0.25, 0.3) is 0 Å². The van der Waals surface area contributed by atoms with Gasteiger partial charge in [-0.3, -0.25) is 0 Å². The molecule has 4 rings (SSSR count). The van der Waals surface area contributed by atoms with Crippen LogP contribution in [-0.2, 0) is 13.0 Å². The predicted octanol–water partition coefficient (Wildman–Crippen LogP) is 2.42. The Bertz CT molecular complexity index is 727. The van der Waals surface area contributed by atoms with Crippen molar-refractivity contribution in [2.45, 2.75) is 19.1 Å². The van der Waals surface area contributed by atoms with Crippen molar-refractivity contribution in [2.75, 3.05) is 6.54 Å². The average Bonchev–Trinajstić information content (AvgIpc) is 3.27. The van der Waals surface area contributed by atoms with E-state index >= 15 is 0 Å². The Balaban J connectivity index is 1.30. The van der Waals surface area contributed by atoms with E-state index in [-0.39, 0.29) is 6.10 Å². The van der Waals surface area contributed by atoms with Crippen molar-refractivity contribution in [1.29, 1.82) is 0 Å². The normalized spacial score (nSPS) is 16.5. The van der Waals surface area contributed by atoms with E-state index in [2.05, 4.69) is 21.5 Å². The van der Waals surface area contributed by atoms with Crippen molar-refractivity contribution in [1.82, 2.24) is 15.5 Å². The van der Waals surface area contributed by atoms with Crippen molar-refractivity contribution in [3.05, 3.63) is 54.1 Å². The lowest BCUT2D eigenvalue weighted by molar-refractivity contribution is 0.224. The maximum Gasteiger partial charge on any atom is 0.241 e. The Morgan fingerprint density at radius 3 is 3.00 bits per heavy atom. The lowest BCUT2D eigenvalue weighted by Crippen LogP contribution is -2.29. The highest BCUT2D eigenvalue weighted by molar-refractivity contribution is 5.44. The summed E-state index contributed by atoms with van der Waals surface area (Å²) in [6.45, 7) is 1.23. The molecule has 0 saturated heterocycles. The Kier molecular flexibility index (Phi) is 3.36. The average molecular weight is 297 g/mol. The molecular formula is C16H15N3O3. The Hall–Kier alpha value is -2.60. The minimum absolute atomic E-state index is 0.143. The third-order valence-corrected chi connectivity index (χ3v) is 3.57. The molecule has 0 saturated carbocycles. The molecule has 1 aromatic carbocycles. The highest BCUT2D eigenvalue weighted by Gasteiger charge is 2.22. The second-order valence-corrected chi connectivity index (χ2v) is 5.17. The molecule has 112 valence electrons.